The second-order valence-corrected chi connectivity index (χ2v) is 12.9. The summed E-state index contributed by atoms with van der Waals surface area (Å²) in [6.45, 7) is 9.09. The van der Waals surface area contributed by atoms with Crippen molar-refractivity contribution in [1.29, 1.82) is 0 Å². The zero-order valence-corrected chi connectivity index (χ0v) is 24.9. The van der Waals surface area contributed by atoms with Gasteiger partial charge in [-0.1, -0.05) is 56.3 Å². The number of carbonyl (C=O) groups is 4. The van der Waals surface area contributed by atoms with E-state index >= 15 is 0 Å². The largest absolute Gasteiger partial charge is 0.458 e. The van der Waals surface area contributed by atoms with E-state index in [0.717, 1.165) is 5.56 Å². The van der Waals surface area contributed by atoms with Crippen LogP contribution < -0.4 is 5.32 Å². The fourth-order valence-corrected chi connectivity index (χ4v) is 8.13. The van der Waals surface area contributed by atoms with Crippen LogP contribution in [0.4, 0.5) is 0 Å². The molecule has 42 heavy (non-hydrogen) atoms. The van der Waals surface area contributed by atoms with Crippen molar-refractivity contribution in [2.45, 2.75) is 96.0 Å². The summed E-state index contributed by atoms with van der Waals surface area (Å²) in [5.41, 5.74) is -3.92. The van der Waals surface area contributed by atoms with Crippen molar-refractivity contribution in [2.24, 2.45) is 29.1 Å². The lowest BCUT2D eigenvalue weighted by Crippen LogP contribution is -2.70. The summed E-state index contributed by atoms with van der Waals surface area (Å²) < 4.78 is 17.8. The standard InChI is InChI=1S/C32H41NO9/c1-16-11-10-14-21-26(37)31(6,42-19(4)35)17(2)23-22(15-20-12-8-7-9-13-20)33-29(38)32(21,23)28(40-18(3)34)24-27(41-24)30(5,39)25(16)36/h7-10,12-14,16-17,21-24,26-28,37,39H,11,15H2,1-6H3,(H,33,38)/b14-10+/t16-,17-,21-,22-,23-,24+,26-,27-,28+,30-,31-,32-/m0/s1. The summed E-state index contributed by atoms with van der Waals surface area (Å²) in [5.74, 6) is -4.94. The van der Waals surface area contributed by atoms with Crippen LogP contribution in [0.25, 0.3) is 0 Å². The first kappa shape index (κ1) is 30.4. The van der Waals surface area contributed by atoms with Gasteiger partial charge in [-0.2, -0.15) is 0 Å². The van der Waals surface area contributed by atoms with E-state index in [1.165, 1.54) is 20.8 Å². The number of ether oxygens (including phenoxy) is 3. The number of hydrogen-bond donors (Lipinski definition) is 3. The van der Waals surface area contributed by atoms with Crippen LogP contribution in [0.1, 0.15) is 53.5 Å². The molecule has 10 nitrogen and oxygen atoms in total. The van der Waals surface area contributed by atoms with Crippen LogP contribution in [0, 0.1) is 29.1 Å². The number of aliphatic hydroxyl groups is 2. The SMILES string of the molecule is CC(=O)O[C@@H]1[C@@H]2O[C@@H]2[C@@](C)(O)C(=O)[C@@H](C)C/C=C/[C@H]2[C@H](O)[C@@](C)(OC(C)=O)[C@@H](C)[C@H]3[C@H](Cc4ccccc4)NC(=O)[C@@]312. The molecule has 1 spiro atoms. The Morgan fingerprint density at radius 3 is 2.38 bits per heavy atom. The van der Waals surface area contributed by atoms with E-state index in [1.807, 2.05) is 37.3 Å². The number of rotatable bonds is 4. The summed E-state index contributed by atoms with van der Waals surface area (Å²) in [6.07, 6.45) is -0.593. The van der Waals surface area contributed by atoms with Crippen molar-refractivity contribution in [3.63, 3.8) is 0 Å². The molecule has 1 aromatic carbocycles. The molecular weight excluding hydrogens is 542 g/mol. The highest BCUT2D eigenvalue weighted by molar-refractivity contribution is 5.91. The Kier molecular flexibility index (Phi) is 7.65. The second kappa shape index (κ2) is 10.6. The first-order valence-electron chi connectivity index (χ1n) is 14.7. The molecule has 2 aliphatic heterocycles. The Morgan fingerprint density at radius 1 is 1.10 bits per heavy atom. The number of esters is 2. The topological polar surface area (TPSA) is 152 Å². The zero-order valence-electron chi connectivity index (χ0n) is 24.9. The van der Waals surface area contributed by atoms with Gasteiger partial charge in [-0.25, -0.2) is 0 Å². The lowest BCUT2D eigenvalue weighted by molar-refractivity contribution is -0.236. The fraction of sp³-hybridized carbons (Fsp3) is 0.625. The molecule has 4 aliphatic rings. The van der Waals surface area contributed by atoms with E-state index in [4.69, 9.17) is 14.2 Å². The van der Waals surface area contributed by atoms with E-state index in [0.29, 0.717) is 6.42 Å². The average molecular weight is 584 g/mol. The second-order valence-electron chi connectivity index (χ2n) is 12.9. The van der Waals surface area contributed by atoms with Gasteiger partial charge in [-0.3, -0.25) is 19.2 Å². The van der Waals surface area contributed by atoms with E-state index in [1.54, 1.807) is 26.0 Å². The molecule has 10 heteroatoms. The molecule has 12 atom stereocenters. The molecule has 2 saturated heterocycles. The van der Waals surface area contributed by atoms with Crippen LogP contribution in [0.15, 0.2) is 42.5 Å². The van der Waals surface area contributed by atoms with Gasteiger partial charge in [0.05, 0.1) is 0 Å². The Balaban J connectivity index is 1.75. The fourth-order valence-electron chi connectivity index (χ4n) is 8.13. The monoisotopic (exact) mass is 583 g/mol. The smallest absolute Gasteiger partial charge is 0.303 e. The van der Waals surface area contributed by atoms with Gasteiger partial charge in [0, 0.05) is 43.6 Å². The summed E-state index contributed by atoms with van der Waals surface area (Å²) in [5, 5.41) is 26.6. The van der Waals surface area contributed by atoms with Crippen molar-refractivity contribution < 1.29 is 43.6 Å². The number of amides is 1. The van der Waals surface area contributed by atoms with Crippen LogP contribution in [0.5, 0.6) is 0 Å². The van der Waals surface area contributed by atoms with Crippen LogP contribution in [-0.4, -0.2) is 75.5 Å². The van der Waals surface area contributed by atoms with Gasteiger partial charge in [0.25, 0.3) is 0 Å². The maximum absolute atomic E-state index is 14.5. The van der Waals surface area contributed by atoms with E-state index in [9.17, 15) is 29.4 Å². The number of Topliss-reactive ketones (excluding diaryl/α,β-unsaturated/α-hetero) is 1. The number of epoxide rings is 1. The van der Waals surface area contributed by atoms with Crippen LogP contribution in [0.2, 0.25) is 0 Å². The summed E-state index contributed by atoms with van der Waals surface area (Å²) in [7, 11) is 0. The lowest BCUT2D eigenvalue weighted by Gasteiger charge is -2.58. The van der Waals surface area contributed by atoms with Gasteiger partial charge < -0.3 is 29.7 Å². The Bertz CT molecular complexity index is 1290. The molecule has 2 heterocycles. The third-order valence-electron chi connectivity index (χ3n) is 10.2. The van der Waals surface area contributed by atoms with Gasteiger partial charge in [0.1, 0.15) is 41.0 Å². The summed E-state index contributed by atoms with van der Waals surface area (Å²) in [6, 6.07) is 9.12. The maximum Gasteiger partial charge on any atom is 0.303 e. The molecule has 0 unspecified atom stereocenters. The van der Waals surface area contributed by atoms with Crippen LogP contribution in [0.3, 0.4) is 0 Å². The van der Waals surface area contributed by atoms with Crippen molar-refractivity contribution >= 4 is 23.6 Å². The van der Waals surface area contributed by atoms with Crippen molar-refractivity contribution in [2.75, 3.05) is 0 Å². The van der Waals surface area contributed by atoms with Crippen LogP contribution >= 0.6 is 0 Å². The third kappa shape index (κ3) is 4.59. The number of ketones is 1. The normalized spacial score (nSPS) is 45.3. The number of fused-ring (bicyclic) bond motifs is 1. The highest BCUT2D eigenvalue weighted by atomic mass is 16.6. The molecule has 2 aliphatic carbocycles. The highest BCUT2D eigenvalue weighted by Crippen LogP contribution is 2.63. The van der Waals surface area contributed by atoms with Crippen molar-refractivity contribution in [3.8, 4) is 0 Å². The Hall–Kier alpha value is -3.08. The van der Waals surface area contributed by atoms with Gasteiger partial charge in [0.15, 0.2) is 5.78 Å². The average Bonchev–Trinajstić information content (AvgIpc) is 3.67. The summed E-state index contributed by atoms with van der Waals surface area (Å²) in [4.78, 5) is 52.9. The number of allylic oxidation sites excluding steroid dienone is 1. The minimum absolute atomic E-state index is 0.226. The van der Waals surface area contributed by atoms with E-state index in [-0.39, 0.29) is 6.42 Å². The Morgan fingerprint density at radius 2 is 1.76 bits per heavy atom. The summed E-state index contributed by atoms with van der Waals surface area (Å²) >= 11 is 0. The number of carbonyl (C=O) groups excluding carboxylic acids is 4. The molecule has 3 fully saturated rings. The number of nitrogens with one attached hydrogen (secondary N) is 1. The Labute approximate surface area is 245 Å². The van der Waals surface area contributed by atoms with Gasteiger partial charge in [-0.05, 0) is 32.3 Å². The minimum Gasteiger partial charge on any atom is -0.458 e. The number of hydrogen-bond acceptors (Lipinski definition) is 9. The molecule has 1 saturated carbocycles. The van der Waals surface area contributed by atoms with E-state index in [2.05, 4.69) is 5.32 Å². The molecule has 3 N–H and O–H groups in total. The molecule has 1 amide bonds. The predicted molar refractivity (Wildman–Crippen MR) is 150 cm³/mol. The van der Waals surface area contributed by atoms with Gasteiger partial charge in [-0.15, -0.1) is 0 Å². The molecular formula is C32H41NO9. The van der Waals surface area contributed by atoms with Crippen LogP contribution in [-0.2, 0) is 39.8 Å². The molecule has 0 bridgehead atoms. The molecule has 0 aromatic heterocycles. The molecule has 228 valence electrons. The number of benzene rings is 1. The lowest BCUT2D eigenvalue weighted by atomic mass is 9.48. The first-order valence-corrected chi connectivity index (χ1v) is 14.7. The van der Waals surface area contributed by atoms with Gasteiger partial charge in [0.2, 0.25) is 5.91 Å². The predicted octanol–water partition coefficient (Wildman–Crippen LogP) is 1.89. The first-order chi connectivity index (χ1) is 19.7. The number of aliphatic hydroxyl groups excluding tert-OH is 1. The highest BCUT2D eigenvalue weighted by Gasteiger charge is 2.77. The van der Waals surface area contributed by atoms with Gasteiger partial charge >= 0.3 is 11.9 Å². The van der Waals surface area contributed by atoms with Crippen molar-refractivity contribution in [3.05, 3.63) is 48.0 Å². The molecule has 1 aromatic rings. The maximum atomic E-state index is 14.5. The zero-order chi connectivity index (χ0) is 30.8. The minimum atomic E-state index is -1.90. The molecule has 5 rings (SSSR count). The molecule has 0 radical (unpaired) electrons. The van der Waals surface area contributed by atoms with Crippen molar-refractivity contribution in [1.82, 2.24) is 5.32 Å². The van der Waals surface area contributed by atoms with E-state index < -0.39 is 94.4 Å². The third-order valence-corrected chi connectivity index (χ3v) is 10.2. The quantitative estimate of drug-likeness (QED) is 0.274.